The number of halogens is 2. The zero-order valence-electron chi connectivity index (χ0n) is 46.0. The Bertz CT molecular complexity index is 3070. The molecule has 0 aliphatic carbocycles. The number of piperidine rings is 1. The number of anilines is 2. The molecule has 20 heteroatoms. The van der Waals surface area contributed by atoms with Crippen molar-refractivity contribution in [3.8, 4) is 0 Å². The van der Waals surface area contributed by atoms with Gasteiger partial charge in [0, 0.05) is 58.3 Å². The van der Waals surface area contributed by atoms with E-state index in [2.05, 4.69) is 49.8 Å². The molecule has 4 aromatic carbocycles. The summed E-state index contributed by atoms with van der Waals surface area (Å²) >= 11 is 0. The average Bonchev–Trinajstić information content (AvgIpc) is 4.42. The van der Waals surface area contributed by atoms with E-state index in [0.29, 0.717) is 127 Å². The molecule has 6 fully saturated rings. The summed E-state index contributed by atoms with van der Waals surface area (Å²) in [6, 6.07) is 22.6. The van der Waals surface area contributed by atoms with Crippen molar-refractivity contribution in [2.75, 3.05) is 76.6 Å². The second-order valence-corrected chi connectivity index (χ2v) is 22.7. The SMILES string of the molecule is COC(=O)NC(C(=O)N1CCC[C@H]1c1nc2ccc([C@H]3CC[C@H](c4ccc5nc([C@@H]6CCCN6C(=O)[C@@H](NC(=O)OC)C6CCOCC6)[nH]c5c4)N3c3cc(F)c(N4CCC(c5ccccc5)CC4)c(F)c3)cc2[nH]1)C1CCOCC1. The Morgan fingerprint density at radius 2 is 1.04 bits per heavy atom. The Balaban J connectivity index is 0.847. The molecule has 12 rings (SSSR count). The molecule has 6 aliphatic rings. The van der Waals surface area contributed by atoms with Crippen molar-refractivity contribution in [1.29, 1.82) is 0 Å². The van der Waals surface area contributed by atoms with Crippen LogP contribution in [0.4, 0.5) is 29.7 Å². The van der Waals surface area contributed by atoms with Gasteiger partial charge in [-0.25, -0.2) is 28.3 Å². The zero-order valence-corrected chi connectivity index (χ0v) is 46.0. The number of nitrogens with zero attached hydrogens (tertiary/aromatic N) is 6. The van der Waals surface area contributed by atoms with Gasteiger partial charge in [-0.2, -0.15) is 0 Å². The van der Waals surface area contributed by atoms with Crippen LogP contribution in [-0.2, 0) is 28.5 Å². The fraction of sp³-hybridized carbons (Fsp3) is 0.508. The first-order chi connectivity index (χ1) is 39.5. The van der Waals surface area contributed by atoms with Gasteiger partial charge in [-0.3, -0.25) is 9.59 Å². The van der Waals surface area contributed by atoms with E-state index in [9.17, 15) is 19.2 Å². The molecule has 4 N–H and O–H groups in total. The Kier molecular flexibility index (Phi) is 15.8. The number of fused-ring (bicyclic) bond motifs is 2. The maximum absolute atomic E-state index is 16.9. The van der Waals surface area contributed by atoms with E-state index in [1.165, 1.54) is 31.9 Å². The van der Waals surface area contributed by atoms with E-state index in [1.54, 1.807) is 0 Å². The number of methoxy groups -OCH3 is 2. The summed E-state index contributed by atoms with van der Waals surface area (Å²) in [5, 5.41) is 5.67. The lowest BCUT2D eigenvalue weighted by molar-refractivity contribution is -0.137. The van der Waals surface area contributed by atoms with Gasteiger partial charge < -0.3 is 59.1 Å². The van der Waals surface area contributed by atoms with Crippen molar-refractivity contribution in [2.45, 2.75) is 119 Å². The first-order valence-corrected chi connectivity index (χ1v) is 29.0. The first-order valence-electron chi connectivity index (χ1n) is 29.0. The van der Waals surface area contributed by atoms with Crippen molar-refractivity contribution >= 4 is 57.4 Å². The number of carbonyl (C=O) groups is 4. The number of benzene rings is 4. The van der Waals surface area contributed by atoms with Crippen molar-refractivity contribution < 1.29 is 46.9 Å². The van der Waals surface area contributed by atoms with Crippen LogP contribution in [0, 0.1) is 23.5 Å². The number of hydrogen-bond acceptors (Lipinski definition) is 12. The number of rotatable bonds is 13. The number of amides is 4. The molecule has 0 saturated carbocycles. The molecule has 8 heterocycles. The third kappa shape index (κ3) is 11.0. The molecule has 4 amide bonds. The number of carbonyl (C=O) groups excluding carboxylic acids is 4. The summed E-state index contributed by atoms with van der Waals surface area (Å²) in [6.07, 6.45) is 7.09. The van der Waals surface area contributed by atoms with Crippen LogP contribution < -0.4 is 20.4 Å². The molecule has 18 nitrogen and oxygen atoms in total. The molecule has 6 atom stereocenters. The molecule has 6 saturated heterocycles. The lowest BCUT2D eigenvalue weighted by Gasteiger charge is -2.36. The number of nitrogens with one attached hydrogen (secondary N) is 4. The Morgan fingerprint density at radius 1 is 0.568 bits per heavy atom. The van der Waals surface area contributed by atoms with Crippen LogP contribution in [0.25, 0.3) is 22.1 Å². The number of imidazole rings is 2. The monoisotopic (exact) mass is 1110 g/mol. The van der Waals surface area contributed by atoms with E-state index < -0.39 is 35.9 Å². The number of H-pyrrole nitrogens is 2. The van der Waals surface area contributed by atoms with Crippen LogP contribution in [0.2, 0.25) is 0 Å². The van der Waals surface area contributed by atoms with Crippen LogP contribution in [-0.4, -0.2) is 133 Å². The normalized spacial score (nSPS) is 23.1. The highest BCUT2D eigenvalue weighted by Crippen LogP contribution is 2.49. The Morgan fingerprint density at radius 3 is 1.49 bits per heavy atom. The maximum Gasteiger partial charge on any atom is 0.407 e. The second-order valence-electron chi connectivity index (χ2n) is 22.7. The van der Waals surface area contributed by atoms with Crippen molar-refractivity contribution in [3.05, 3.63) is 119 Å². The molecule has 0 spiro atoms. The highest BCUT2D eigenvalue weighted by molar-refractivity contribution is 5.88. The van der Waals surface area contributed by atoms with Gasteiger partial charge in [0.1, 0.15) is 29.4 Å². The van der Waals surface area contributed by atoms with Crippen LogP contribution in [0.5, 0.6) is 0 Å². The van der Waals surface area contributed by atoms with Crippen LogP contribution in [0.1, 0.15) is 135 Å². The predicted molar refractivity (Wildman–Crippen MR) is 299 cm³/mol. The molecule has 0 radical (unpaired) electrons. The fourth-order valence-electron chi connectivity index (χ4n) is 14.0. The van der Waals surface area contributed by atoms with E-state index in [-0.39, 0.29) is 53.5 Å². The van der Waals surface area contributed by atoms with Gasteiger partial charge in [0.2, 0.25) is 11.8 Å². The molecular weight excluding hydrogens is 1040 g/mol. The molecule has 6 aliphatic heterocycles. The summed E-state index contributed by atoms with van der Waals surface area (Å²) in [5.41, 5.74) is 6.54. The van der Waals surface area contributed by atoms with Gasteiger partial charge in [-0.1, -0.05) is 42.5 Å². The maximum atomic E-state index is 16.9. The van der Waals surface area contributed by atoms with Crippen LogP contribution in [0.3, 0.4) is 0 Å². The van der Waals surface area contributed by atoms with E-state index in [0.717, 1.165) is 58.9 Å². The number of aromatic nitrogens is 4. The van der Waals surface area contributed by atoms with Crippen molar-refractivity contribution in [1.82, 2.24) is 40.4 Å². The Labute approximate surface area is 469 Å². The topological polar surface area (TPSA) is 200 Å². The highest BCUT2D eigenvalue weighted by atomic mass is 19.1. The van der Waals surface area contributed by atoms with Gasteiger partial charge >= 0.3 is 12.2 Å². The fourth-order valence-corrected chi connectivity index (χ4v) is 14.0. The minimum absolute atomic E-state index is 0.00503. The van der Waals surface area contributed by atoms with Gasteiger partial charge in [0.15, 0.2) is 11.6 Å². The predicted octanol–water partition coefficient (Wildman–Crippen LogP) is 9.81. The average molecular weight is 1110 g/mol. The number of alkyl carbamates (subject to hydrolysis) is 2. The number of aromatic amines is 2. The van der Waals surface area contributed by atoms with Gasteiger partial charge in [0.05, 0.1) is 60.5 Å². The molecule has 0 bridgehead atoms. The molecule has 6 aromatic rings. The van der Waals surface area contributed by atoms with Gasteiger partial charge in [-0.15, -0.1) is 0 Å². The van der Waals surface area contributed by atoms with Crippen molar-refractivity contribution in [3.63, 3.8) is 0 Å². The molecule has 428 valence electrons. The minimum atomic E-state index is -0.766. The van der Waals surface area contributed by atoms with Crippen molar-refractivity contribution in [2.24, 2.45) is 11.8 Å². The van der Waals surface area contributed by atoms with E-state index in [4.69, 9.17) is 28.9 Å². The molecule has 81 heavy (non-hydrogen) atoms. The van der Waals surface area contributed by atoms with E-state index >= 15 is 8.78 Å². The zero-order chi connectivity index (χ0) is 55.7. The molecule has 1 unspecified atom stereocenters. The lowest BCUT2D eigenvalue weighted by atomic mass is 9.89. The first kappa shape index (κ1) is 54.3. The summed E-state index contributed by atoms with van der Waals surface area (Å²) in [7, 11) is 2.59. The minimum Gasteiger partial charge on any atom is -0.453 e. The van der Waals surface area contributed by atoms with E-state index in [1.807, 2.05) is 57.2 Å². The van der Waals surface area contributed by atoms with Gasteiger partial charge in [0.25, 0.3) is 0 Å². The van der Waals surface area contributed by atoms with Crippen LogP contribution >= 0.6 is 0 Å². The highest BCUT2D eigenvalue weighted by Gasteiger charge is 2.43. The third-order valence-corrected chi connectivity index (χ3v) is 18.2. The smallest absolute Gasteiger partial charge is 0.407 e. The van der Waals surface area contributed by atoms with Crippen LogP contribution in [0.15, 0.2) is 78.9 Å². The molecule has 2 aromatic heterocycles. The summed E-state index contributed by atoms with van der Waals surface area (Å²) in [4.78, 5) is 78.9. The second kappa shape index (κ2) is 23.6. The summed E-state index contributed by atoms with van der Waals surface area (Å²) in [5.74, 6) is -0.134. The summed E-state index contributed by atoms with van der Waals surface area (Å²) < 4.78 is 55.0. The standard InChI is InChI=1S/C61H72F2N10O8/c1-78-60(76)68-53(38-20-28-80-29-21-38)58(74)71-24-6-10-51(71)56-64-45-14-12-40(32-47(45)66-56)49-16-17-50(73(49)42-34-43(62)55(44(63)35-42)70-26-18-37(19-27-70)36-8-4-3-5-9-36)41-13-15-46-48(33-41)67-57(65-46)52-11-7-25-72(52)59(75)54(69-61(77)79-2)39-22-30-81-31-23-39/h3-5,8-9,12-15,32-35,37-39,49-54H,6-7,10-11,16-31H2,1-2H3,(H,64,66)(H,65,67)(H,68,76)(H,69,77)/t49-,50-,51+,52+,53+,54?/m1/s1. The van der Waals surface area contributed by atoms with Gasteiger partial charge in [-0.05, 0) is 148 Å². The quantitative estimate of drug-likeness (QED) is 0.0855. The lowest BCUT2D eigenvalue weighted by Crippen LogP contribution is -2.53. The third-order valence-electron chi connectivity index (χ3n) is 18.2. The number of likely N-dealkylation sites (tertiary alicyclic amines) is 2. The number of hydrogen-bond donors (Lipinski definition) is 4. The number of ether oxygens (including phenoxy) is 4. The molecular formula is C61H72F2N10O8. The Hall–Kier alpha value is -7.32. The summed E-state index contributed by atoms with van der Waals surface area (Å²) in [6.45, 7) is 4.14. The largest absolute Gasteiger partial charge is 0.453 e.